The monoisotopic (exact) mass is 272 g/mol. The normalized spacial score (nSPS) is 30.5. The Balaban J connectivity index is 2.54. The summed E-state index contributed by atoms with van der Waals surface area (Å²) in [6.45, 7) is 14.2. The maximum Gasteiger partial charge on any atom is 0.189 e. The van der Waals surface area contributed by atoms with E-state index in [4.69, 9.17) is 4.43 Å². The van der Waals surface area contributed by atoms with Crippen molar-refractivity contribution in [3.63, 3.8) is 0 Å². The smallest absolute Gasteiger partial charge is 0.189 e. The minimum Gasteiger partial charge on any atom is -0.418 e. The molecule has 0 aromatic rings. The molecule has 0 heterocycles. The summed E-state index contributed by atoms with van der Waals surface area (Å²) >= 11 is 0. The lowest BCUT2D eigenvalue weighted by Crippen LogP contribution is -2.45. The molecule has 0 amide bonds. The molecule has 1 rings (SSSR count). The number of hydrogen-bond donors (Lipinski definition) is 1. The summed E-state index contributed by atoms with van der Waals surface area (Å²) in [5, 5.41) is 10.8. The largest absolute Gasteiger partial charge is 0.418 e. The molecule has 0 unspecified atom stereocenters. The van der Waals surface area contributed by atoms with Gasteiger partial charge in [-0.15, -0.1) is 0 Å². The van der Waals surface area contributed by atoms with Crippen molar-refractivity contribution in [1.82, 2.24) is 0 Å². The van der Waals surface area contributed by atoms with Gasteiger partial charge in [-0.1, -0.05) is 20.8 Å². The van der Waals surface area contributed by atoms with E-state index in [1.54, 1.807) is 0 Å². The second-order valence-electron chi connectivity index (χ2n) is 7.73. The molecule has 0 aromatic carbocycles. The number of rotatable bonds is 4. The molecule has 3 heteroatoms. The van der Waals surface area contributed by atoms with E-state index in [0.29, 0.717) is 5.41 Å². The molecule has 1 saturated carbocycles. The van der Waals surface area contributed by atoms with Gasteiger partial charge in [0.15, 0.2) is 8.32 Å². The third-order valence-electron chi connectivity index (χ3n) is 4.43. The molecular formula is C15H32O2Si. The Kier molecular flexibility index (Phi) is 5.07. The van der Waals surface area contributed by atoms with Crippen LogP contribution in [0.2, 0.25) is 19.1 Å². The van der Waals surface area contributed by atoms with E-state index in [9.17, 15) is 5.11 Å². The summed E-state index contributed by atoms with van der Waals surface area (Å²) < 4.78 is 5.87. The van der Waals surface area contributed by atoms with Gasteiger partial charge in [0, 0.05) is 6.61 Å². The highest BCUT2D eigenvalue weighted by atomic mass is 28.4. The summed E-state index contributed by atoms with van der Waals surface area (Å²) in [5.41, 5.74) is -0.0686. The first-order valence-corrected chi connectivity index (χ1v) is 10.6. The Hall–Kier alpha value is 0.137. The van der Waals surface area contributed by atoms with Crippen LogP contribution in [0.5, 0.6) is 0 Å². The lowest BCUT2D eigenvalue weighted by molar-refractivity contribution is -0.0132. The van der Waals surface area contributed by atoms with Gasteiger partial charge in [0.05, 0.1) is 5.60 Å². The van der Waals surface area contributed by atoms with Gasteiger partial charge in [0.2, 0.25) is 0 Å². The van der Waals surface area contributed by atoms with Gasteiger partial charge in [-0.25, -0.2) is 0 Å². The van der Waals surface area contributed by atoms with Crippen molar-refractivity contribution in [1.29, 1.82) is 0 Å². The van der Waals surface area contributed by atoms with Gasteiger partial charge in [-0.3, -0.25) is 0 Å². The van der Waals surface area contributed by atoms with Gasteiger partial charge in [-0.05, 0) is 63.1 Å². The predicted octanol–water partition coefficient (Wildman–Crippen LogP) is 4.20. The molecule has 0 aliphatic heterocycles. The van der Waals surface area contributed by atoms with Gasteiger partial charge >= 0.3 is 0 Å². The van der Waals surface area contributed by atoms with Crippen LogP contribution in [0.3, 0.4) is 0 Å². The molecule has 1 N–H and O–H groups in total. The van der Waals surface area contributed by atoms with E-state index in [1.165, 1.54) is 0 Å². The minimum absolute atomic E-state index is 0.383. The van der Waals surface area contributed by atoms with Crippen LogP contribution in [0.15, 0.2) is 0 Å². The highest BCUT2D eigenvalue weighted by Crippen LogP contribution is 2.44. The van der Waals surface area contributed by atoms with E-state index in [-0.39, 0.29) is 0 Å². The van der Waals surface area contributed by atoms with E-state index in [1.807, 2.05) is 0 Å². The van der Waals surface area contributed by atoms with Gasteiger partial charge in [-0.2, -0.15) is 0 Å². The molecule has 0 bridgehead atoms. The van der Waals surface area contributed by atoms with Crippen LogP contribution in [-0.2, 0) is 4.43 Å². The van der Waals surface area contributed by atoms with Crippen molar-refractivity contribution in [3.8, 4) is 0 Å². The topological polar surface area (TPSA) is 29.5 Å². The molecule has 2 nitrogen and oxygen atoms in total. The fourth-order valence-corrected chi connectivity index (χ4v) is 6.25. The predicted molar refractivity (Wildman–Crippen MR) is 80.3 cm³/mol. The highest BCUT2D eigenvalue weighted by Gasteiger charge is 2.41. The standard InChI is InChI=1S/C15H32O2Si/c1-7-17-18(5,6)12-15(16)10-8-13(9-11-15)14(2,3)4/h13,16H,7-12H2,1-6H3. The zero-order chi connectivity index (χ0) is 14.0. The molecule has 0 atom stereocenters. The first kappa shape index (κ1) is 16.2. The van der Waals surface area contributed by atoms with Gasteiger partial charge < -0.3 is 9.53 Å². The molecule has 1 aliphatic carbocycles. The molecule has 1 fully saturated rings. The average Bonchev–Trinajstić information content (AvgIpc) is 2.14. The zero-order valence-corrected chi connectivity index (χ0v) is 14.2. The van der Waals surface area contributed by atoms with E-state index >= 15 is 0 Å². The Morgan fingerprint density at radius 2 is 1.72 bits per heavy atom. The SMILES string of the molecule is CCO[Si](C)(C)CC1(O)CCC(C(C)(C)C)CC1. The fourth-order valence-electron chi connectivity index (χ4n) is 3.43. The molecule has 18 heavy (non-hydrogen) atoms. The van der Waals surface area contributed by atoms with Crippen molar-refractivity contribution in [2.45, 2.75) is 78.1 Å². The lowest BCUT2D eigenvalue weighted by Gasteiger charge is -2.43. The Morgan fingerprint density at radius 1 is 1.22 bits per heavy atom. The zero-order valence-electron chi connectivity index (χ0n) is 13.2. The van der Waals surface area contributed by atoms with Gasteiger partial charge in [0.25, 0.3) is 0 Å². The molecule has 0 aromatic heterocycles. The second kappa shape index (κ2) is 5.64. The van der Waals surface area contributed by atoms with Crippen LogP contribution in [0.25, 0.3) is 0 Å². The number of hydrogen-bond acceptors (Lipinski definition) is 2. The van der Waals surface area contributed by atoms with Crippen LogP contribution >= 0.6 is 0 Å². The molecule has 0 radical (unpaired) electrons. The minimum atomic E-state index is -1.68. The maximum atomic E-state index is 10.8. The second-order valence-corrected chi connectivity index (χ2v) is 11.9. The van der Waals surface area contributed by atoms with E-state index in [0.717, 1.165) is 44.3 Å². The molecule has 1 aliphatic rings. The average molecular weight is 273 g/mol. The quantitative estimate of drug-likeness (QED) is 0.777. The van der Waals surface area contributed by atoms with Crippen LogP contribution in [0, 0.1) is 11.3 Å². The summed E-state index contributed by atoms with van der Waals surface area (Å²) in [6, 6.07) is 0.894. The van der Waals surface area contributed by atoms with Crippen LogP contribution in [-0.4, -0.2) is 25.6 Å². The van der Waals surface area contributed by atoms with Crippen molar-refractivity contribution in [3.05, 3.63) is 0 Å². The fraction of sp³-hybridized carbons (Fsp3) is 1.00. The maximum absolute atomic E-state index is 10.8. The Morgan fingerprint density at radius 3 is 2.11 bits per heavy atom. The summed E-state index contributed by atoms with van der Waals surface area (Å²) in [4.78, 5) is 0. The Bertz CT molecular complexity index is 260. The first-order valence-electron chi connectivity index (χ1n) is 7.44. The van der Waals surface area contributed by atoms with Crippen molar-refractivity contribution in [2.24, 2.45) is 11.3 Å². The molecular weight excluding hydrogens is 240 g/mol. The van der Waals surface area contributed by atoms with Crippen LogP contribution in [0.4, 0.5) is 0 Å². The molecule has 0 saturated heterocycles. The van der Waals surface area contributed by atoms with Crippen molar-refractivity contribution < 1.29 is 9.53 Å². The Labute approximate surface area is 114 Å². The third-order valence-corrected chi connectivity index (χ3v) is 7.01. The van der Waals surface area contributed by atoms with Gasteiger partial charge in [0.1, 0.15) is 0 Å². The molecule has 108 valence electrons. The first-order chi connectivity index (χ1) is 8.08. The number of aliphatic hydroxyl groups is 1. The summed E-state index contributed by atoms with van der Waals surface area (Å²) in [6.07, 6.45) is 4.24. The van der Waals surface area contributed by atoms with Crippen molar-refractivity contribution >= 4 is 8.32 Å². The summed E-state index contributed by atoms with van der Waals surface area (Å²) in [5.74, 6) is 0.759. The summed E-state index contributed by atoms with van der Waals surface area (Å²) in [7, 11) is -1.68. The van der Waals surface area contributed by atoms with E-state index < -0.39 is 13.9 Å². The highest BCUT2D eigenvalue weighted by molar-refractivity contribution is 6.71. The van der Waals surface area contributed by atoms with Crippen molar-refractivity contribution in [2.75, 3.05) is 6.61 Å². The third kappa shape index (κ3) is 4.67. The van der Waals surface area contributed by atoms with Crippen LogP contribution in [0.1, 0.15) is 53.4 Å². The lowest BCUT2D eigenvalue weighted by atomic mass is 9.69. The van der Waals surface area contributed by atoms with E-state index in [2.05, 4.69) is 40.8 Å². The van der Waals surface area contributed by atoms with Crippen LogP contribution < -0.4 is 0 Å². The molecule has 0 spiro atoms.